The Kier molecular flexibility index (Phi) is 3.00. The highest BCUT2D eigenvalue weighted by atomic mass is 127. The second kappa shape index (κ2) is 4.15. The van der Waals surface area contributed by atoms with Crippen molar-refractivity contribution in [1.29, 1.82) is 0 Å². The van der Waals surface area contributed by atoms with Crippen LogP contribution in [0.1, 0.15) is 11.6 Å². The standard InChI is InChI=1S/C10H8F2INO2/c11-10(12)5-16-9(15)14-8(10)6-3-1-2-4-7(6)13/h1-4,8H,5H2,(H,14,15)/t8-/m1/s1. The van der Waals surface area contributed by atoms with Crippen molar-refractivity contribution in [2.75, 3.05) is 6.61 Å². The summed E-state index contributed by atoms with van der Waals surface area (Å²) in [5, 5.41) is 2.15. The van der Waals surface area contributed by atoms with Crippen LogP contribution >= 0.6 is 22.6 Å². The molecule has 0 unspecified atom stereocenters. The molecular weight excluding hydrogens is 331 g/mol. The lowest BCUT2D eigenvalue weighted by Crippen LogP contribution is -2.49. The molecule has 0 saturated carbocycles. The molecule has 16 heavy (non-hydrogen) atoms. The van der Waals surface area contributed by atoms with Crippen molar-refractivity contribution in [3.05, 3.63) is 33.4 Å². The molecule has 0 radical (unpaired) electrons. The third-order valence-electron chi connectivity index (χ3n) is 2.30. The summed E-state index contributed by atoms with van der Waals surface area (Å²) < 4.78 is 32.1. The zero-order chi connectivity index (χ0) is 11.8. The minimum atomic E-state index is -3.09. The van der Waals surface area contributed by atoms with Crippen LogP contribution in [0.5, 0.6) is 0 Å². The van der Waals surface area contributed by atoms with Gasteiger partial charge in [0.2, 0.25) is 0 Å². The van der Waals surface area contributed by atoms with E-state index in [9.17, 15) is 13.6 Å². The number of alkyl carbamates (subject to hydrolysis) is 1. The highest BCUT2D eigenvalue weighted by Gasteiger charge is 2.47. The molecule has 0 aliphatic carbocycles. The maximum Gasteiger partial charge on any atom is 0.408 e. The number of hydrogen-bond acceptors (Lipinski definition) is 2. The molecule has 1 aliphatic heterocycles. The van der Waals surface area contributed by atoms with Crippen molar-refractivity contribution >= 4 is 28.7 Å². The van der Waals surface area contributed by atoms with Gasteiger partial charge in [-0.3, -0.25) is 0 Å². The van der Waals surface area contributed by atoms with Gasteiger partial charge in [0.05, 0.1) is 0 Å². The van der Waals surface area contributed by atoms with E-state index in [-0.39, 0.29) is 0 Å². The molecule has 0 spiro atoms. The summed E-state index contributed by atoms with van der Waals surface area (Å²) in [5.74, 6) is -3.09. The number of hydrogen-bond donors (Lipinski definition) is 1. The first-order valence-electron chi connectivity index (χ1n) is 4.56. The van der Waals surface area contributed by atoms with Gasteiger partial charge in [0, 0.05) is 3.57 Å². The number of nitrogens with one attached hydrogen (secondary N) is 1. The Hall–Kier alpha value is -0.920. The number of carbonyl (C=O) groups excluding carboxylic acids is 1. The fourth-order valence-electron chi connectivity index (χ4n) is 1.52. The number of alkyl halides is 2. The summed E-state index contributed by atoms with van der Waals surface area (Å²) in [4.78, 5) is 11.0. The lowest BCUT2D eigenvalue weighted by Gasteiger charge is -2.32. The summed E-state index contributed by atoms with van der Waals surface area (Å²) in [7, 11) is 0. The van der Waals surface area contributed by atoms with Crippen molar-refractivity contribution < 1.29 is 18.3 Å². The highest BCUT2D eigenvalue weighted by molar-refractivity contribution is 14.1. The van der Waals surface area contributed by atoms with Crippen LogP contribution in [0, 0.1) is 3.57 Å². The third kappa shape index (κ3) is 2.11. The Morgan fingerprint density at radius 2 is 2.12 bits per heavy atom. The zero-order valence-electron chi connectivity index (χ0n) is 8.04. The smallest absolute Gasteiger partial charge is 0.408 e. The maximum absolute atomic E-state index is 13.6. The molecule has 1 aromatic rings. The molecule has 6 heteroatoms. The number of halogens is 3. The van der Waals surface area contributed by atoms with E-state index in [2.05, 4.69) is 10.1 Å². The summed E-state index contributed by atoms with van der Waals surface area (Å²) in [5.41, 5.74) is 0.407. The molecule has 3 nitrogen and oxygen atoms in total. The summed E-state index contributed by atoms with van der Waals surface area (Å²) in [6.07, 6.45) is -0.810. The van der Waals surface area contributed by atoms with Gasteiger partial charge in [0.1, 0.15) is 6.04 Å². The second-order valence-corrected chi connectivity index (χ2v) is 4.60. The molecule has 0 bridgehead atoms. The van der Waals surface area contributed by atoms with E-state index in [0.717, 1.165) is 0 Å². The van der Waals surface area contributed by atoms with Crippen molar-refractivity contribution in [3.8, 4) is 0 Å². The SMILES string of the molecule is O=C1N[C@H](c2ccccc2I)C(F)(F)CO1. The van der Waals surface area contributed by atoms with Gasteiger partial charge >= 0.3 is 12.0 Å². The van der Waals surface area contributed by atoms with Crippen LogP contribution in [0.2, 0.25) is 0 Å². The first kappa shape index (κ1) is 11.6. The molecule has 1 aliphatic rings. The number of rotatable bonds is 1. The monoisotopic (exact) mass is 339 g/mol. The molecule has 1 saturated heterocycles. The summed E-state index contributed by atoms with van der Waals surface area (Å²) in [6.45, 7) is -0.880. The molecule has 0 aromatic heterocycles. The van der Waals surface area contributed by atoms with E-state index in [4.69, 9.17) is 0 Å². The Morgan fingerprint density at radius 3 is 2.81 bits per heavy atom. The predicted octanol–water partition coefficient (Wildman–Crippen LogP) is 2.71. The Labute approximate surface area is 104 Å². The zero-order valence-corrected chi connectivity index (χ0v) is 10.2. The van der Waals surface area contributed by atoms with E-state index in [1.54, 1.807) is 24.3 Å². The van der Waals surface area contributed by atoms with E-state index in [1.165, 1.54) is 0 Å². The van der Waals surface area contributed by atoms with Crippen molar-refractivity contribution in [2.45, 2.75) is 12.0 Å². The lowest BCUT2D eigenvalue weighted by molar-refractivity contribution is -0.104. The first-order valence-corrected chi connectivity index (χ1v) is 5.64. The van der Waals surface area contributed by atoms with Crippen LogP contribution in [0.4, 0.5) is 13.6 Å². The minimum absolute atomic E-state index is 0.407. The molecule has 86 valence electrons. The van der Waals surface area contributed by atoms with Gasteiger partial charge in [-0.1, -0.05) is 18.2 Å². The van der Waals surface area contributed by atoms with Crippen LogP contribution in [0.15, 0.2) is 24.3 Å². The van der Waals surface area contributed by atoms with E-state index >= 15 is 0 Å². The molecular formula is C10H8F2INO2. The maximum atomic E-state index is 13.6. The average molecular weight is 339 g/mol. The van der Waals surface area contributed by atoms with E-state index in [0.29, 0.717) is 9.13 Å². The van der Waals surface area contributed by atoms with Gasteiger partial charge in [-0.25, -0.2) is 13.6 Å². The third-order valence-corrected chi connectivity index (χ3v) is 3.28. The van der Waals surface area contributed by atoms with Crippen molar-refractivity contribution in [3.63, 3.8) is 0 Å². The van der Waals surface area contributed by atoms with Crippen LogP contribution in [0.25, 0.3) is 0 Å². The molecule has 1 N–H and O–H groups in total. The summed E-state index contributed by atoms with van der Waals surface area (Å²) in [6, 6.07) is 5.39. The molecule has 1 heterocycles. The highest BCUT2D eigenvalue weighted by Crippen LogP contribution is 2.36. The Morgan fingerprint density at radius 1 is 1.44 bits per heavy atom. The molecule has 1 aromatic carbocycles. The summed E-state index contributed by atoms with van der Waals surface area (Å²) >= 11 is 1.96. The van der Waals surface area contributed by atoms with Crippen LogP contribution in [-0.4, -0.2) is 18.6 Å². The van der Waals surface area contributed by atoms with E-state index < -0.39 is 24.7 Å². The number of benzene rings is 1. The minimum Gasteiger partial charge on any atom is -0.443 e. The fourth-order valence-corrected chi connectivity index (χ4v) is 2.22. The second-order valence-electron chi connectivity index (χ2n) is 3.44. The van der Waals surface area contributed by atoms with Crippen LogP contribution < -0.4 is 5.32 Å². The predicted molar refractivity (Wildman–Crippen MR) is 61.3 cm³/mol. The van der Waals surface area contributed by atoms with Crippen LogP contribution in [-0.2, 0) is 4.74 Å². The van der Waals surface area contributed by atoms with Crippen molar-refractivity contribution in [1.82, 2.24) is 5.32 Å². The molecule has 1 amide bonds. The normalized spacial score (nSPS) is 23.4. The van der Waals surface area contributed by atoms with Crippen molar-refractivity contribution in [2.24, 2.45) is 0 Å². The average Bonchev–Trinajstić information content (AvgIpc) is 2.23. The van der Waals surface area contributed by atoms with Gasteiger partial charge in [0.15, 0.2) is 6.61 Å². The van der Waals surface area contributed by atoms with Gasteiger partial charge in [-0.2, -0.15) is 0 Å². The van der Waals surface area contributed by atoms with Crippen LogP contribution in [0.3, 0.4) is 0 Å². The van der Waals surface area contributed by atoms with E-state index in [1.807, 2.05) is 22.6 Å². The molecule has 1 atom stereocenters. The molecule has 1 fully saturated rings. The van der Waals surface area contributed by atoms with Gasteiger partial charge in [-0.15, -0.1) is 0 Å². The number of cyclic esters (lactones) is 1. The number of amides is 1. The topological polar surface area (TPSA) is 38.3 Å². The lowest BCUT2D eigenvalue weighted by atomic mass is 10.0. The number of ether oxygens (including phenoxy) is 1. The molecule has 2 rings (SSSR count). The quantitative estimate of drug-likeness (QED) is 0.799. The fraction of sp³-hybridized carbons (Fsp3) is 0.300. The number of carbonyl (C=O) groups is 1. The largest absolute Gasteiger partial charge is 0.443 e. The Bertz CT molecular complexity index is 425. The van der Waals surface area contributed by atoms with Gasteiger partial charge < -0.3 is 10.1 Å². The van der Waals surface area contributed by atoms with Gasteiger partial charge in [-0.05, 0) is 34.2 Å². The first-order chi connectivity index (χ1) is 7.50. The Balaban J connectivity index is 2.38. The van der Waals surface area contributed by atoms with Gasteiger partial charge in [0.25, 0.3) is 0 Å².